The van der Waals surface area contributed by atoms with Gasteiger partial charge in [-0.25, -0.2) is 4.79 Å². The molecule has 2 atom stereocenters. The Balaban J connectivity index is 1.25. The first-order valence-corrected chi connectivity index (χ1v) is 8.71. The van der Waals surface area contributed by atoms with Crippen molar-refractivity contribution < 1.29 is 13.9 Å². The molecule has 2 aliphatic heterocycles. The molecule has 0 saturated carbocycles. The van der Waals surface area contributed by atoms with E-state index >= 15 is 0 Å². The summed E-state index contributed by atoms with van der Waals surface area (Å²) in [5.41, 5.74) is 0. The van der Waals surface area contributed by atoms with Crippen molar-refractivity contribution in [2.75, 3.05) is 26.2 Å². The zero-order valence-corrected chi connectivity index (χ0v) is 13.6. The number of hydrogen-bond acceptors (Lipinski definition) is 4. The lowest BCUT2D eigenvalue weighted by atomic mass is 9.99. The maximum Gasteiger partial charge on any atom is 0.315 e. The third kappa shape index (κ3) is 4.72. The molecule has 6 heteroatoms. The van der Waals surface area contributed by atoms with Gasteiger partial charge in [0.25, 0.3) is 0 Å². The third-order valence-electron chi connectivity index (χ3n) is 4.75. The number of fused-ring (bicyclic) bond motifs is 1. The fourth-order valence-electron chi connectivity index (χ4n) is 3.58. The number of urea groups is 1. The van der Waals surface area contributed by atoms with Crippen LogP contribution in [0.3, 0.4) is 0 Å². The Labute approximate surface area is 137 Å². The van der Waals surface area contributed by atoms with E-state index in [1.54, 1.807) is 6.26 Å². The van der Waals surface area contributed by atoms with Crippen LogP contribution < -0.4 is 10.6 Å². The number of carbonyl (C=O) groups excluding carboxylic acids is 1. The largest absolute Gasteiger partial charge is 0.467 e. The van der Waals surface area contributed by atoms with Crippen LogP contribution in [-0.4, -0.2) is 49.3 Å². The van der Waals surface area contributed by atoms with Crippen molar-refractivity contribution >= 4 is 6.03 Å². The SMILES string of the molecule is O=C(NCCCOCc1ccco1)N[C@@H]1CCN2CCCC[C@H]12. The van der Waals surface area contributed by atoms with E-state index < -0.39 is 0 Å². The van der Waals surface area contributed by atoms with E-state index in [-0.39, 0.29) is 6.03 Å². The summed E-state index contributed by atoms with van der Waals surface area (Å²) in [7, 11) is 0. The van der Waals surface area contributed by atoms with Crippen LogP contribution in [0.5, 0.6) is 0 Å². The van der Waals surface area contributed by atoms with E-state index in [4.69, 9.17) is 9.15 Å². The first-order valence-electron chi connectivity index (χ1n) is 8.71. The minimum Gasteiger partial charge on any atom is -0.467 e. The van der Waals surface area contributed by atoms with Crippen LogP contribution in [0.25, 0.3) is 0 Å². The van der Waals surface area contributed by atoms with Crippen LogP contribution >= 0.6 is 0 Å². The van der Waals surface area contributed by atoms with E-state index in [2.05, 4.69) is 15.5 Å². The van der Waals surface area contributed by atoms with E-state index in [1.165, 1.54) is 25.8 Å². The second-order valence-electron chi connectivity index (χ2n) is 6.38. The molecule has 2 amide bonds. The predicted octanol–water partition coefficient (Wildman–Crippen LogP) is 2.11. The molecule has 2 N–H and O–H groups in total. The first kappa shape index (κ1) is 16.3. The number of rotatable bonds is 7. The van der Waals surface area contributed by atoms with Gasteiger partial charge in [0.15, 0.2) is 0 Å². The summed E-state index contributed by atoms with van der Waals surface area (Å²) in [6, 6.07) is 4.55. The molecule has 0 aliphatic carbocycles. The van der Waals surface area contributed by atoms with Gasteiger partial charge >= 0.3 is 6.03 Å². The lowest BCUT2D eigenvalue weighted by Gasteiger charge is -2.32. The molecule has 0 radical (unpaired) electrons. The van der Waals surface area contributed by atoms with Crippen LogP contribution in [0.1, 0.15) is 37.9 Å². The number of carbonyl (C=O) groups is 1. The van der Waals surface area contributed by atoms with Gasteiger partial charge in [-0.3, -0.25) is 4.90 Å². The van der Waals surface area contributed by atoms with E-state index in [0.717, 1.165) is 25.1 Å². The van der Waals surface area contributed by atoms with Crippen molar-refractivity contribution in [3.63, 3.8) is 0 Å². The van der Waals surface area contributed by atoms with E-state index in [9.17, 15) is 4.79 Å². The van der Waals surface area contributed by atoms with Crippen LogP contribution in [0, 0.1) is 0 Å². The fourth-order valence-corrected chi connectivity index (χ4v) is 3.58. The van der Waals surface area contributed by atoms with Crippen LogP contribution in [-0.2, 0) is 11.3 Å². The molecule has 1 aromatic heterocycles. The highest BCUT2D eigenvalue weighted by Crippen LogP contribution is 2.26. The highest BCUT2D eigenvalue weighted by molar-refractivity contribution is 5.74. The summed E-state index contributed by atoms with van der Waals surface area (Å²) in [5.74, 6) is 0.828. The van der Waals surface area contributed by atoms with Gasteiger partial charge in [0.05, 0.1) is 6.26 Å². The molecule has 3 heterocycles. The second-order valence-corrected chi connectivity index (χ2v) is 6.38. The Morgan fingerprint density at radius 1 is 1.35 bits per heavy atom. The zero-order valence-electron chi connectivity index (χ0n) is 13.6. The Hall–Kier alpha value is -1.53. The Kier molecular flexibility index (Phi) is 5.93. The highest BCUT2D eigenvalue weighted by atomic mass is 16.5. The van der Waals surface area contributed by atoms with E-state index in [1.807, 2.05) is 12.1 Å². The fraction of sp³-hybridized carbons (Fsp3) is 0.706. The molecule has 6 nitrogen and oxygen atoms in total. The quantitative estimate of drug-likeness (QED) is 0.755. The Bertz CT molecular complexity index is 477. The molecular formula is C17H27N3O3. The third-order valence-corrected chi connectivity index (χ3v) is 4.75. The molecule has 2 fully saturated rings. The first-order chi connectivity index (χ1) is 11.3. The van der Waals surface area contributed by atoms with Crippen LogP contribution in [0.15, 0.2) is 22.8 Å². The smallest absolute Gasteiger partial charge is 0.315 e. The lowest BCUT2D eigenvalue weighted by Crippen LogP contribution is -2.49. The topological polar surface area (TPSA) is 66.7 Å². The predicted molar refractivity (Wildman–Crippen MR) is 87.1 cm³/mol. The molecule has 1 aromatic rings. The van der Waals surface area contributed by atoms with Gasteiger partial charge in [0, 0.05) is 31.8 Å². The van der Waals surface area contributed by atoms with Crippen molar-refractivity contribution in [2.24, 2.45) is 0 Å². The van der Waals surface area contributed by atoms with Gasteiger partial charge < -0.3 is 19.8 Å². The number of nitrogens with zero attached hydrogens (tertiary/aromatic N) is 1. The summed E-state index contributed by atoms with van der Waals surface area (Å²) in [5, 5.41) is 6.07. The number of furan rings is 1. The van der Waals surface area contributed by atoms with Gasteiger partial charge in [-0.05, 0) is 44.4 Å². The lowest BCUT2D eigenvalue weighted by molar-refractivity contribution is 0.104. The number of piperidine rings is 1. The van der Waals surface area contributed by atoms with Gasteiger partial charge in [-0.1, -0.05) is 6.42 Å². The van der Waals surface area contributed by atoms with Crippen LogP contribution in [0.4, 0.5) is 4.79 Å². The summed E-state index contributed by atoms with van der Waals surface area (Å²) in [6.45, 7) is 4.04. The van der Waals surface area contributed by atoms with Crippen molar-refractivity contribution in [1.82, 2.24) is 15.5 Å². The molecule has 0 aromatic carbocycles. The highest BCUT2D eigenvalue weighted by Gasteiger charge is 2.36. The van der Waals surface area contributed by atoms with Gasteiger partial charge in [0.1, 0.15) is 12.4 Å². The maximum absolute atomic E-state index is 12.0. The van der Waals surface area contributed by atoms with Crippen molar-refractivity contribution in [1.29, 1.82) is 0 Å². The molecule has 0 bridgehead atoms. The maximum atomic E-state index is 12.0. The Morgan fingerprint density at radius 3 is 3.17 bits per heavy atom. The molecule has 0 spiro atoms. The molecule has 0 unspecified atom stereocenters. The summed E-state index contributed by atoms with van der Waals surface area (Å²) in [4.78, 5) is 14.5. The van der Waals surface area contributed by atoms with Crippen LogP contribution in [0.2, 0.25) is 0 Å². The molecule has 2 saturated heterocycles. The molecule has 3 rings (SSSR count). The zero-order chi connectivity index (χ0) is 15.9. The molecule has 128 valence electrons. The van der Waals surface area contributed by atoms with E-state index in [0.29, 0.717) is 31.8 Å². The number of amides is 2. The summed E-state index contributed by atoms with van der Waals surface area (Å²) >= 11 is 0. The summed E-state index contributed by atoms with van der Waals surface area (Å²) < 4.78 is 10.7. The second kappa shape index (κ2) is 8.36. The normalized spacial score (nSPS) is 24.3. The average Bonchev–Trinajstić information content (AvgIpc) is 3.21. The minimum absolute atomic E-state index is 0.0477. The van der Waals surface area contributed by atoms with Gasteiger partial charge in [-0.15, -0.1) is 0 Å². The van der Waals surface area contributed by atoms with Crippen molar-refractivity contribution in [3.8, 4) is 0 Å². The van der Waals surface area contributed by atoms with Gasteiger partial charge in [0.2, 0.25) is 0 Å². The number of ether oxygens (including phenoxy) is 1. The van der Waals surface area contributed by atoms with Crippen molar-refractivity contribution in [2.45, 2.75) is 50.8 Å². The number of nitrogens with one attached hydrogen (secondary N) is 2. The monoisotopic (exact) mass is 321 g/mol. The standard InChI is InChI=1S/C17H27N3O3/c21-17(18-8-4-11-22-13-14-5-3-12-23-14)19-15-7-10-20-9-2-1-6-16(15)20/h3,5,12,15-16H,1-2,4,6-11,13H2,(H2,18,19,21)/t15-,16-/m1/s1. The molecule has 2 aliphatic rings. The molecular weight excluding hydrogens is 294 g/mol. The van der Waals surface area contributed by atoms with Crippen molar-refractivity contribution in [3.05, 3.63) is 24.2 Å². The molecule has 23 heavy (non-hydrogen) atoms. The number of hydrogen-bond donors (Lipinski definition) is 2. The summed E-state index contributed by atoms with van der Waals surface area (Å²) in [6.07, 6.45) is 7.31. The average molecular weight is 321 g/mol. The van der Waals surface area contributed by atoms with Gasteiger partial charge in [-0.2, -0.15) is 0 Å². The minimum atomic E-state index is -0.0477. The Morgan fingerprint density at radius 2 is 2.30 bits per heavy atom.